The lowest BCUT2D eigenvalue weighted by Crippen LogP contribution is -2.33. The Balaban J connectivity index is 1.95. The molecule has 0 radical (unpaired) electrons. The molecule has 0 heterocycles. The van der Waals surface area contributed by atoms with E-state index in [2.05, 4.69) is 5.32 Å². The Bertz CT molecular complexity index is 891. The average Bonchev–Trinajstić information content (AvgIpc) is 3.40. The number of para-hydroxylation sites is 3. The molecule has 0 unspecified atom stereocenters. The van der Waals surface area contributed by atoms with Crippen LogP contribution in [0.15, 0.2) is 48.5 Å². The van der Waals surface area contributed by atoms with Crippen molar-refractivity contribution >= 4 is 27.3 Å². The van der Waals surface area contributed by atoms with Crippen LogP contribution < -0.4 is 14.4 Å². The summed E-state index contributed by atoms with van der Waals surface area (Å²) in [6.45, 7) is 0. The van der Waals surface area contributed by atoms with Crippen LogP contribution in [0.2, 0.25) is 0 Å². The molecule has 6 nitrogen and oxygen atoms in total. The Morgan fingerprint density at radius 2 is 1.76 bits per heavy atom. The second-order valence-corrected chi connectivity index (χ2v) is 7.82. The summed E-state index contributed by atoms with van der Waals surface area (Å²) in [5.74, 6) is 0.105. The molecule has 1 aliphatic carbocycles. The fraction of sp³-hybridized carbons (Fsp3) is 0.278. The van der Waals surface area contributed by atoms with Crippen molar-refractivity contribution in [2.45, 2.75) is 18.9 Å². The van der Waals surface area contributed by atoms with Gasteiger partial charge in [0.15, 0.2) is 0 Å². The van der Waals surface area contributed by atoms with E-state index >= 15 is 0 Å². The molecule has 3 rings (SSSR count). The van der Waals surface area contributed by atoms with Crippen molar-refractivity contribution in [1.82, 2.24) is 0 Å². The minimum Gasteiger partial charge on any atom is -0.496 e. The molecule has 132 valence electrons. The maximum Gasteiger partial charge on any atom is 0.259 e. The molecule has 1 saturated carbocycles. The third-order valence-corrected chi connectivity index (χ3v) is 5.19. The molecule has 0 saturated heterocycles. The highest BCUT2D eigenvalue weighted by molar-refractivity contribution is 7.92. The SMILES string of the molecule is COc1ccccc1C(=O)Nc1ccccc1N(C1CC1)S(C)(=O)=O. The van der Waals surface area contributed by atoms with Gasteiger partial charge >= 0.3 is 0 Å². The summed E-state index contributed by atoms with van der Waals surface area (Å²) in [6, 6.07) is 13.8. The predicted octanol–water partition coefficient (Wildman–Crippen LogP) is 2.88. The fourth-order valence-electron chi connectivity index (χ4n) is 2.75. The molecular weight excluding hydrogens is 340 g/mol. The summed E-state index contributed by atoms with van der Waals surface area (Å²) in [6.07, 6.45) is 2.83. The van der Waals surface area contributed by atoms with Gasteiger partial charge in [0.25, 0.3) is 5.91 Å². The van der Waals surface area contributed by atoms with E-state index in [4.69, 9.17) is 4.74 Å². The van der Waals surface area contributed by atoms with Crippen LogP contribution in [0, 0.1) is 0 Å². The predicted molar refractivity (Wildman–Crippen MR) is 97.7 cm³/mol. The van der Waals surface area contributed by atoms with Crippen molar-refractivity contribution in [2.75, 3.05) is 23.0 Å². The maximum atomic E-state index is 12.6. The number of hydrogen-bond acceptors (Lipinski definition) is 4. The zero-order valence-electron chi connectivity index (χ0n) is 14.1. The van der Waals surface area contributed by atoms with Crippen molar-refractivity contribution in [2.24, 2.45) is 0 Å². The first-order chi connectivity index (χ1) is 11.9. The smallest absolute Gasteiger partial charge is 0.259 e. The van der Waals surface area contributed by atoms with Gasteiger partial charge in [-0.25, -0.2) is 8.42 Å². The molecule has 2 aromatic rings. The van der Waals surface area contributed by atoms with Crippen LogP contribution in [-0.2, 0) is 10.0 Å². The van der Waals surface area contributed by atoms with Gasteiger partial charge in [-0.05, 0) is 37.1 Å². The Kier molecular flexibility index (Phi) is 4.67. The number of carbonyl (C=O) groups excluding carboxylic acids is 1. The number of carbonyl (C=O) groups is 1. The highest BCUT2D eigenvalue weighted by atomic mass is 32.2. The number of sulfonamides is 1. The molecule has 1 aliphatic rings. The van der Waals surface area contributed by atoms with Gasteiger partial charge in [0.2, 0.25) is 10.0 Å². The molecule has 0 aromatic heterocycles. The zero-order valence-corrected chi connectivity index (χ0v) is 14.9. The van der Waals surface area contributed by atoms with Crippen LogP contribution >= 0.6 is 0 Å². The van der Waals surface area contributed by atoms with Crippen LogP contribution in [-0.4, -0.2) is 33.7 Å². The quantitative estimate of drug-likeness (QED) is 0.859. The topological polar surface area (TPSA) is 75.7 Å². The first kappa shape index (κ1) is 17.3. The maximum absolute atomic E-state index is 12.6. The largest absolute Gasteiger partial charge is 0.496 e. The van der Waals surface area contributed by atoms with Crippen LogP contribution in [0.1, 0.15) is 23.2 Å². The van der Waals surface area contributed by atoms with Gasteiger partial charge < -0.3 is 10.1 Å². The zero-order chi connectivity index (χ0) is 18.0. The minimum atomic E-state index is -3.43. The van der Waals surface area contributed by atoms with Gasteiger partial charge in [0.1, 0.15) is 5.75 Å². The number of nitrogens with zero attached hydrogens (tertiary/aromatic N) is 1. The van der Waals surface area contributed by atoms with E-state index in [1.165, 1.54) is 17.7 Å². The van der Waals surface area contributed by atoms with E-state index < -0.39 is 10.0 Å². The summed E-state index contributed by atoms with van der Waals surface area (Å²) < 4.78 is 31.0. The number of hydrogen-bond donors (Lipinski definition) is 1. The van der Waals surface area contributed by atoms with E-state index in [0.717, 1.165) is 12.8 Å². The molecule has 1 fully saturated rings. The average molecular weight is 360 g/mol. The Morgan fingerprint density at radius 1 is 1.12 bits per heavy atom. The Labute approximate surface area is 147 Å². The highest BCUT2D eigenvalue weighted by Gasteiger charge is 2.36. The van der Waals surface area contributed by atoms with Crippen molar-refractivity contribution < 1.29 is 17.9 Å². The first-order valence-corrected chi connectivity index (χ1v) is 9.79. The van der Waals surface area contributed by atoms with Crippen LogP contribution in [0.5, 0.6) is 5.75 Å². The summed E-state index contributed by atoms with van der Waals surface area (Å²) in [7, 11) is -1.93. The van der Waals surface area contributed by atoms with Gasteiger partial charge in [-0.2, -0.15) is 0 Å². The van der Waals surface area contributed by atoms with Gasteiger partial charge in [0.05, 0.1) is 30.3 Å². The standard InChI is InChI=1S/C18H20N2O4S/c1-24-17-10-6-3-7-14(17)18(21)19-15-8-4-5-9-16(15)20(13-11-12-13)25(2,22)23/h3-10,13H,11-12H2,1-2H3,(H,19,21). The number of anilines is 2. The minimum absolute atomic E-state index is 0.0423. The van der Waals surface area contributed by atoms with E-state index in [-0.39, 0.29) is 11.9 Å². The lowest BCUT2D eigenvalue weighted by atomic mass is 10.1. The number of amides is 1. The molecular formula is C18H20N2O4S. The van der Waals surface area contributed by atoms with Gasteiger partial charge in [0, 0.05) is 6.04 Å². The van der Waals surface area contributed by atoms with Crippen LogP contribution in [0.4, 0.5) is 11.4 Å². The second kappa shape index (κ2) is 6.76. The number of benzene rings is 2. The first-order valence-electron chi connectivity index (χ1n) is 7.94. The van der Waals surface area contributed by atoms with E-state index in [9.17, 15) is 13.2 Å². The monoisotopic (exact) mass is 360 g/mol. The van der Waals surface area contributed by atoms with Crippen molar-refractivity contribution in [3.8, 4) is 5.75 Å². The molecule has 1 N–H and O–H groups in total. The molecule has 7 heteroatoms. The second-order valence-electron chi connectivity index (χ2n) is 5.96. The molecule has 1 amide bonds. The van der Waals surface area contributed by atoms with Gasteiger partial charge in [-0.1, -0.05) is 24.3 Å². The number of nitrogens with one attached hydrogen (secondary N) is 1. The molecule has 2 aromatic carbocycles. The normalized spacial score (nSPS) is 14.0. The third-order valence-electron chi connectivity index (χ3n) is 3.98. The van der Waals surface area contributed by atoms with E-state index in [0.29, 0.717) is 22.7 Å². The lowest BCUT2D eigenvalue weighted by Gasteiger charge is -2.24. The fourth-order valence-corrected chi connectivity index (χ4v) is 4.02. The lowest BCUT2D eigenvalue weighted by molar-refractivity contribution is 0.102. The molecule has 0 spiro atoms. The van der Waals surface area contributed by atoms with Crippen molar-refractivity contribution in [1.29, 1.82) is 0 Å². The number of methoxy groups -OCH3 is 1. The Hall–Kier alpha value is -2.54. The summed E-state index contributed by atoms with van der Waals surface area (Å²) in [4.78, 5) is 12.6. The number of rotatable bonds is 6. The number of ether oxygens (including phenoxy) is 1. The van der Waals surface area contributed by atoms with Gasteiger partial charge in [-0.15, -0.1) is 0 Å². The molecule has 0 bridgehead atoms. The Morgan fingerprint density at radius 3 is 2.40 bits per heavy atom. The van der Waals surface area contributed by atoms with Crippen molar-refractivity contribution in [3.63, 3.8) is 0 Å². The summed E-state index contributed by atoms with van der Waals surface area (Å²) >= 11 is 0. The van der Waals surface area contributed by atoms with E-state index in [1.54, 1.807) is 48.5 Å². The van der Waals surface area contributed by atoms with Crippen LogP contribution in [0.25, 0.3) is 0 Å². The van der Waals surface area contributed by atoms with Crippen LogP contribution in [0.3, 0.4) is 0 Å². The molecule has 0 atom stereocenters. The highest BCUT2D eigenvalue weighted by Crippen LogP contribution is 2.38. The third kappa shape index (κ3) is 3.76. The van der Waals surface area contributed by atoms with Crippen molar-refractivity contribution in [3.05, 3.63) is 54.1 Å². The molecule has 0 aliphatic heterocycles. The summed E-state index contributed by atoms with van der Waals surface area (Å²) in [5, 5.41) is 2.81. The van der Waals surface area contributed by atoms with Gasteiger partial charge in [-0.3, -0.25) is 9.10 Å². The van der Waals surface area contributed by atoms with E-state index in [1.807, 2.05) is 0 Å². The molecule has 25 heavy (non-hydrogen) atoms. The summed E-state index contributed by atoms with van der Waals surface area (Å²) in [5.41, 5.74) is 1.32.